The molecule has 0 aliphatic heterocycles. The molecule has 0 fully saturated rings. The summed E-state index contributed by atoms with van der Waals surface area (Å²) in [7, 11) is 0. The van der Waals surface area contributed by atoms with Crippen molar-refractivity contribution in [3.05, 3.63) is 11.9 Å². The first kappa shape index (κ1) is 6.48. The molecule has 0 atom stereocenters. The number of aryl methyl sites for hydroxylation is 1. The van der Waals surface area contributed by atoms with E-state index in [1.807, 2.05) is 6.92 Å². The van der Waals surface area contributed by atoms with Crippen LogP contribution >= 0.6 is 11.5 Å². The molecule has 0 saturated carbocycles. The minimum absolute atomic E-state index is 0.466. The van der Waals surface area contributed by atoms with E-state index in [4.69, 9.17) is 5.73 Å². The van der Waals surface area contributed by atoms with Gasteiger partial charge in [0, 0.05) is 0 Å². The van der Waals surface area contributed by atoms with Gasteiger partial charge in [-0.15, -0.1) is 5.10 Å². The third kappa shape index (κ3) is 0.848. The highest BCUT2D eigenvalue weighted by atomic mass is 32.1. The van der Waals surface area contributed by atoms with Crippen molar-refractivity contribution in [1.82, 2.24) is 14.6 Å². The van der Waals surface area contributed by atoms with Gasteiger partial charge in [-0.05, 0) is 18.5 Å². The number of rotatable bonds is 0. The summed E-state index contributed by atoms with van der Waals surface area (Å²) in [4.78, 5) is 0. The van der Waals surface area contributed by atoms with Crippen LogP contribution < -0.4 is 5.73 Å². The molecule has 2 N–H and O–H groups in total. The van der Waals surface area contributed by atoms with Crippen LogP contribution in [-0.4, -0.2) is 14.6 Å². The molecule has 0 radical (unpaired) electrons. The largest absolute Gasteiger partial charge is 0.382 e. The highest BCUT2D eigenvalue weighted by Gasteiger charge is 2.05. The number of hydrogen-bond donors (Lipinski definition) is 1. The van der Waals surface area contributed by atoms with Crippen LogP contribution in [0.25, 0.3) is 10.1 Å². The molecule has 0 aliphatic rings. The molecule has 0 bridgehead atoms. The molecular formula is C6H6N4S. The second kappa shape index (κ2) is 2.13. The smallest absolute Gasteiger partial charge is 0.156 e. The SMILES string of the molecule is Cc1nsc2cnnc(N)c12. The molecule has 56 valence electrons. The molecule has 2 aromatic rings. The Labute approximate surface area is 67.2 Å². The van der Waals surface area contributed by atoms with Gasteiger partial charge in [0.05, 0.1) is 22.0 Å². The standard InChI is InChI=1S/C6H6N4S/c1-3-5-4(11-10-3)2-8-9-6(5)7/h2H,1H3,(H2,7,9). The van der Waals surface area contributed by atoms with Crippen molar-refractivity contribution in [3.63, 3.8) is 0 Å². The number of nitrogens with two attached hydrogens (primary N) is 1. The van der Waals surface area contributed by atoms with Gasteiger partial charge in [-0.2, -0.15) is 9.47 Å². The Bertz CT molecular complexity index is 394. The highest BCUT2D eigenvalue weighted by molar-refractivity contribution is 7.13. The number of nitrogen functional groups attached to an aromatic ring is 1. The second-order valence-electron chi connectivity index (χ2n) is 2.24. The van der Waals surface area contributed by atoms with Crippen molar-refractivity contribution in [2.75, 3.05) is 5.73 Å². The molecule has 11 heavy (non-hydrogen) atoms. The summed E-state index contributed by atoms with van der Waals surface area (Å²) >= 11 is 1.40. The average Bonchev–Trinajstić information content (AvgIpc) is 2.34. The van der Waals surface area contributed by atoms with Gasteiger partial charge in [0.2, 0.25) is 0 Å². The predicted octanol–water partition coefficient (Wildman–Crippen LogP) is 0.977. The quantitative estimate of drug-likeness (QED) is 0.633. The van der Waals surface area contributed by atoms with Gasteiger partial charge < -0.3 is 5.73 Å². The Hall–Kier alpha value is -1.23. The van der Waals surface area contributed by atoms with Crippen LogP contribution in [0.2, 0.25) is 0 Å². The lowest BCUT2D eigenvalue weighted by atomic mass is 10.3. The van der Waals surface area contributed by atoms with Crippen LogP contribution in [0.4, 0.5) is 5.82 Å². The van der Waals surface area contributed by atoms with Crippen molar-refractivity contribution in [2.45, 2.75) is 6.92 Å². The molecule has 0 aliphatic carbocycles. The van der Waals surface area contributed by atoms with Crippen molar-refractivity contribution >= 4 is 27.4 Å². The fourth-order valence-corrected chi connectivity index (χ4v) is 1.74. The zero-order chi connectivity index (χ0) is 7.84. The fraction of sp³-hybridized carbons (Fsp3) is 0.167. The monoisotopic (exact) mass is 166 g/mol. The van der Waals surface area contributed by atoms with E-state index in [0.717, 1.165) is 15.8 Å². The zero-order valence-corrected chi connectivity index (χ0v) is 6.72. The maximum Gasteiger partial charge on any atom is 0.156 e. The van der Waals surface area contributed by atoms with Crippen molar-refractivity contribution in [2.24, 2.45) is 0 Å². The molecule has 2 aromatic heterocycles. The molecule has 5 heteroatoms. The van der Waals surface area contributed by atoms with E-state index in [1.54, 1.807) is 6.20 Å². The number of hydrogen-bond acceptors (Lipinski definition) is 5. The summed E-state index contributed by atoms with van der Waals surface area (Å²) in [6, 6.07) is 0. The number of nitrogens with zero attached hydrogens (tertiary/aromatic N) is 3. The second-order valence-corrected chi connectivity index (χ2v) is 3.04. The average molecular weight is 166 g/mol. The van der Waals surface area contributed by atoms with Gasteiger partial charge in [0.1, 0.15) is 0 Å². The Kier molecular flexibility index (Phi) is 1.25. The fourth-order valence-electron chi connectivity index (χ4n) is 0.980. The summed E-state index contributed by atoms with van der Waals surface area (Å²) < 4.78 is 5.13. The van der Waals surface area contributed by atoms with Crippen molar-refractivity contribution in [1.29, 1.82) is 0 Å². The molecule has 0 aromatic carbocycles. The van der Waals surface area contributed by atoms with Gasteiger partial charge in [0.15, 0.2) is 5.82 Å². The molecule has 2 rings (SSSR count). The summed E-state index contributed by atoms with van der Waals surface area (Å²) in [5.41, 5.74) is 6.52. The zero-order valence-electron chi connectivity index (χ0n) is 5.90. The van der Waals surface area contributed by atoms with E-state index < -0.39 is 0 Å². The van der Waals surface area contributed by atoms with E-state index in [0.29, 0.717) is 5.82 Å². The van der Waals surface area contributed by atoms with Crippen LogP contribution in [0.5, 0.6) is 0 Å². The van der Waals surface area contributed by atoms with Crippen LogP contribution in [-0.2, 0) is 0 Å². The predicted molar refractivity (Wildman–Crippen MR) is 44.4 cm³/mol. The van der Waals surface area contributed by atoms with Crippen LogP contribution in [0, 0.1) is 6.92 Å². The first-order valence-electron chi connectivity index (χ1n) is 3.12. The first-order valence-corrected chi connectivity index (χ1v) is 3.89. The van der Waals surface area contributed by atoms with E-state index in [-0.39, 0.29) is 0 Å². The van der Waals surface area contributed by atoms with E-state index in [9.17, 15) is 0 Å². The summed E-state index contributed by atoms with van der Waals surface area (Å²) in [5.74, 6) is 0.466. The topological polar surface area (TPSA) is 64.7 Å². The summed E-state index contributed by atoms with van der Waals surface area (Å²) in [6.07, 6.45) is 1.68. The number of fused-ring (bicyclic) bond motifs is 1. The van der Waals surface area contributed by atoms with Crippen molar-refractivity contribution in [3.8, 4) is 0 Å². The van der Waals surface area contributed by atoms with E-state index >= 15 is 0 Å². The lowest BCUT2D eigenvalue weighted by molar-refractivity contribution is 1.06. The summed E-state index contributed by atoms with van der Waals surface area (Å²) in [5, 5.41) is 8.39. The van der Waals surface area contributed by atoms with Crippen LogP contribution in [0.3, 0.4) is 0 Å². The molecule has 0 unspecified atom stereocenters. The van der Waals surface area contributed by atoms with E-state index in [2.05, 4.69) is 14.6 Å². The third-order valence-electron chi connectivity index (χ3n) is 1.49. The lowest BCUT2D eigenvalue weighted by Gasteiger charge is -1.91. The third-order valence-corrected chi connectivity index (χ3v) is 2.36. The Morgan fingerprint density at radius 2 is 2.36 bits per heavy atom. The molecule has 0 spiro atoms. The van der Waals surface area contributed by atoms with Gasteiger partial charge in [-0.25, -0.2) is 0 Å². The highest BCUT2D eigenvalue weighted by Crippen LogP contribution is 2.24. The van der Waals surface area contributed by atoms with Gasteiger partial charge >= 0.3 is 0 Å². The molecule has 2 heterocycles. The Morgan fingerprint density at radius 1 is 1.55 bits per heavy atom. The van der Waals surface area contributed by atoms with Gasteiger partial charge in [-0.1, -0.05) is 0 Å². The van der Waals surface area contributed by atoms with Crippen LogP contribution in [0.1, 0.15) is 5.69 Å². The molecule has 4 nitrogen and oxygen atoms in total. The Morgan fingerprint density at radius 3 is 3.09 bits per heavy atom. The first-order chi connectivity index (χ1) is 5.29. The van der Waals surface area contributed by atoms with Gasteiger partial charge in [0.25, 0.3) is 0 Å². The summed E-state index contributed by atoms with van der Waals surface area (Å²) in [6.45, 7) is 1.91. The Balaban J connectivity index is 2.96. The maximum absolute atomic E-state index is 5.59. The van der Waals surface area contributed by atoms with Gasteiger partial charge in [-0.3, -0.25) is 0 Å². The lowest BCUT2D eigenvalue weighted by Crippen LogP contribution is -1.92. The number of aromatic nitrogens is 3. The van der Waals surface area contributed by atoms with Crippen molar-refractivity contribution < 1.29 is 0 Å². The molecular weight excluding hydrogens is 160 g/mol. The number of anilines is 1. The minimum atomic E-state index is 0.466. The molecule has 0 amide bonds. The van der Waals surface area contributed by atoms with E-state index in [1.165, 1.54) is 11.5 Å². The normalized spacial score (nSPS) is 10.6. The minimum Gasteiger partial charge on any atom is -0.382 e. The van der Waals surface area contributed by atoms with Crippen LogP contribution in [0.15, 0.2) is 6.20 Å². The molecule has 0 saturated heterocycles. The maximum atomic E-state index is 5.59.